The first-order valence-corrected chi connectivity index (χ1v) is 7.56. The Morgan fingerprint density at radius 2 is 2.11 bits per heavy atom. The Bertz CT molecular complexity index is 371. The van der Waals surface area contributed by atoms with Crippen molar-refractivity contribution >= 4 is 0 Å². The molecule has 0 unspecified atom stereocenters. The van der Waals surface area contributed by atoms with Gasteiger partial charge in [-0.2, -0.15) is 0 Å². The Balaban J connectivity index is 1.64. The van der Waals surface area contributed by atoms with Crippen molar-refractivity contribution in [2.75, 3.05) is 6.54 Å². The normalized spacial score (nSPS) is 32.8. The van der Waals surface area contributed by atoms with Crippen LogP contribution in [-0.2, 0) is 6.54 Å². The maximum absolute atomic E-state index is 4.37. The summed E-state index contributed by atoms with van der Waals surface area (Å²) in [5.41, 5.74) is 1.41. The molecule has 1 aromatic rings. The number of imidazole rings is 1. The lowest BCUT2D eigenvalue weighted by molar-refractivity contribution is 0.261. The van der Waals surface area contributed by atoms with Gasteiger partial charge in [-0.3, -0.25) is 0 Å². The molecule has 1 aliphatic heterocycles. The molecule has 1 aromatic heterocycles. The van der Waals surface area contributed by atoms with Crippen LogP contribution in [0, 0.1) is 11.8 Å². The highest BCUT2D eigenvalue weighted by Crippen LogP contribution is 2.30. The van der Waals surface area contributed by atoms with Crippen LogP contribution < -0.4 is 5.32 Å². The molecular formula is C15H25N3. The molecule has 1 aliphatic carbocycles. The minimum Gasteiger partial charge on any atom is -0.333 e. The summed E-state index contributed by atoms with van der Waals surface area (Å²) < 4.78 is 2.41. The molecule has 3 heteroatoms. The Labute approximate surface area is 110 Å². The minimum absolute atomic E-state index is 0.551. The lowest BCUT2D eigenvalue weighted by atomic mass is 9.83. The quantitative estimate of drug-likeness (QED) is 0.889. The van der Waals surface area contributed by atoms with Crippen molar-refractivity contribution in [1.82, 2.24) is 14.9 Å². The average molecular weight is 247 g/mol. The van der Waals surface area contributed by atoms with E-state index in [4.69, 9.17) is 0 Å². The van der Waals surface area contributed by atoms with Gasteiger partial charge in [-0.1, -0.05) is 19.8 Å². The van der Waals surface area contributed by atoms with E-state index < -0.39 is 0 Å². The molecule has 3 nitrogen and oxygen atoms in total. The van der Waals surface area contributed by atoms with E-state index >= 15 is 0 Å². The van der Waals surface area contributed by atoms with Gasteiger partial charge in [-0.15, -0.1) is 0 Å². The predicted octanol–water partition coefficient (Wildman–Crippen LogP) is 3.13. The van der Waals surface area contributed by atoms with Crippen LogP contribution in [0.1, 0.15) is 57.2 Å². The number of nitrogens with one attached hydrogen (secondary N) is 1. The Hall–Kier alpha value is -0.830. The van der Waals surface area contributed by atoms with Crippen molar-refractivity contribution in [3.05, 3.63) is 18.2 Å². The van der Waals surface area contributed by atoms with Gasteiger partial charge in [-0.25, -0.2) is 4.98 Å². The molecule has 2 heterocycles. The Morgan fingerprint density at radius 1 is 1.28 bits per heavy atom. The van der Waals surface area contributed by atoms with Crippen molar-refractivity contribution in [3.63, 3.8) is 0 Å². The van der Waals surface area contributed by atoms with Crippen molar-refractivity contribution in [1.29, 1.82) is 0 Å². The van der Waals surface area contributed by atoms with Crippen molar-refractivity contribution in [2.24, 2.45) is 11.8 Å². The van der Waals surface area contributed by atoms with Gasteiger partial charge in [0.2, 0.25) is 0 Å². The summed E-state index contributed by atoms with van der Waals surface area (Å²) in [5, 5.41) is 3.58. The van der Waals surface area contributed by atoms with E-state index in [0.29, 0.717) is 6.04 Å². The van der Waals surface area contributed by atoms with Crippen LogP contribution in [-0.4, -0.2) is 16.1 Å². The van der Waals surface area contributed by atoms with E-state index in [1.807, 2.05) is 6.33 Å². The van der Waals surface area contributed by atoms with E-state index in [1.165, 1.54) is 50.8 Å². The first kappa shape index (κ1) is 12.2. The fraction of sp³-hybridized carbons (Fsp3) is 0.800. The van der Waals surface area contributed by atoms with Crippen LogP contribution in [0.3, 0.4) is 0 Å². The van der Waals surface area contributed by atoms with E-state index in [0.717, 1.165) is 18.4 Å². The molecule has 1 saturated carbocycles. The molecule has 0 bridgehead atoms. The molecular weight excluding hydrogens is 222 g/mol. The smallest absolute Gasteiger partial charge is 0.0948 e. The molecule has 0 radical (unpaired) electrons. The zero-order valence-electron chi connectivity index (χ0n) is 11.4. The molecule has 2 aliphatic rings. The van der Waals surface area contributed by atoms with E-state index in [-0.39, 0.29) is 0 Å². The average Bonchev–Trinajstić information content (AvgIpc) is 3.02. The number of hydrogen-bond donors (Lipinski definition) is 1. The van der Waals surface area contributed by atoms with Gasteiger partial charge in [0.1, 0.15) is 0 Å². The summed E-state index contributed by atoms with van der Waals surface area (Å²) in [6, 6.07) is 0.551. The zero-order chi connectivity index (χ0) is 12.4. The molecule has 3 rings (SSSR count). The summed E-state index contributed by atoms with van der Waals surface area (Å²) in [5.74, 6) is 1.82. The summed E-state index contributed by atoms with van der Waals surface area (Å²) in [6.07, 6.45) is 12.3. The fourth-order valence-electron chi connectivity index (χ4n) is 3.50. The highest BCUT2D eigenvalue weighted by molar-refractivity contribution is 5.07. The van der Waals surface area contributed by atoms with Gasteiger partial charge in [-0.05, 0) is 44.1 Å². The van der Waals surface area contributed by atoms with Gasteiger partial charge in [0.25, 0.3) is 0 Å². The standard InChI is InChI=1S/C15H25N3/c1-12-4-6-13(7-5-12)10-18-11-16-9-15(18)14-3-2-8-17-14/h9,11-14,17H,2-8,10H2,1H3/t12?,13?,14-/m0/s1. The topological polar surface area (TPSA) is 29.9 Å². The first-order valence-electron chi connectivity index (χ1n) is 7.56. The number of nitrogens with zero attached hydrogens (tertiary/aromatic N) is 2. The third-order valence-electron chi connectivity index (χ3n) is 4.75. The zero-order valence-corrected chi connectivity index (χ0v) is 11.4. The van der Waals surface area contributed by atoms with Gasteiger partial charge >= 0.3 is 0 Å². The summed E-state index contributed by atoms with van der Waals surface area (Å²) >= 11 is 0. The molecule has 1 atom stereocenters. The third-order valence-corrected chi connectivity index (χ3v) is 4.75. The number of aromatic nitrogens is 2. The summed E-state index contributed by atoms with van der Waals surface area (Å²) in [6.45, 7) is 4.73. The molecule has 2 fully saturated rings. The molecule has 1 saturated heterocycles. The molecule has 0 aromatic carbocycles. The molecule has 100 valence electrons. The molecule has 0 amide bonds. The minimum atomic E-state index is 0.551. The highest BCUT2D eigenvalue weighted by Gasteiger charge is 2.23. The van der Waals surface area contributed by atoms with E-state index in [1.54, 1.807) is 0 Å². The lowest BCUT2D eigenvalue weighted by Gasteiger charge is -2.27. The van der Waals surface area contributed by atoms with Gasteiger partial charge in [0.15, 0.2) is 0 Å². The molecule has 0 spiro atoms. The van der Waals surface area contributed by atoms with Gasteiger partial charge in [0, 0.05) is 18.8 Å². The molecule has 18 heavy (non-hydrogen) atoms. The van der Waals surface area contributed by atoms with Crippen molar-refractivity contribution < 1.29 is 0 Å². The monoisotopic (exact) mass is 247 g/mol. The van der Waals surface area contributed by atoms with Crippen LogP contribution in [0.25, 0.3) is 0 Å². The van der Waals surface area contributed by atoms with Crippen molar-refractivity contribution in [2.45, 2.75) is 58.0 Å². The second-order valence-corrected chi connectivity index (χ2v) is 6.25. The van der Waals surface area contributed by atoms with Crippen LogP contribution in [0.4, 0.5) is 0 Å². The van der Waals surface area contributed by atoms with Crippen LogP contribution in [0.5, 0.6) is 0 Å². The number of hydrogen-bond acceptors (Lipinski definition) is 2. The number of rotatable bonds is 3. The highest BCUT2D eigenvalue weighted by atomic mass is 15.1. The Morgan fingerprint density at radius 3 is 2.83 bits per heavy atom. The van der Waals surface area contributed by atoms with E-state index in [2.05, 4.69) is 28.0 Å². The molecule has 1 N–H and O–H groups in total. The maximum Gasteiger partial charge on any atom is 0.0948 e. The summed E-state index contributed by atoms with van der Waals surface area (Å²) in [4.78, 5) is 4.37. The van der Waals surface area contributed by atoms with Gasteiger partial charge in [0.05, 0.1) is 12.0 Å². The largest absolute Gasteiger partial charge is 0.333 e. The summed E-state index contributed by atoms with van der Waals surface area (Å²) in [7, 11) is 0. The fourth-order valence-corrected chi connectivity index (χ4v) is 3.50. The lowest BCUT2D eigenvalue weighted by Crippen LogP contribution is -2.21. The SMILES string of the molecule is CC1CCC(Cn2cncc2[C@@H]2CCCN2)CC1. The maximum atomic E-state index is 4.37. The van der Waals surface area contributed by atoms with Crippen LogP contribution >= 0.6 is 0 Å². The predicted molar refractivity (Wildman–Crippen MR) is 73.3 cm³/mol. The first-order chi connectivity index (χ1) is 8.83. The van der Waals surface area contributed by atoms with Crippen molar-refractivity contribution in [3.8, 4) is 0 Å². The van der Waals surface area contributed by atoms with Crippen LogP contribution in [0.15, 0.2) is 12.5 Å². The Kier molecular flexibility index (Phi) is 3.69. The van der Waals surface area contributed by atoms with Gasteiger partial charge < -0.3 is 9.88 Å². The second-order valence-electron chi connectivity index (χ2n) is 6.25. The second kappa shape index (κ2) is 5.43. The van der Waals surface area contributed by atoms with E-state index in [9.17, 15) is 0 Å². The van der Waals surface area contributed by atoms with Crippen LogP contribution in [0.2, 0.25) is 0 Å². The third kappa shape index (κ3) is 2.61.